The average molecular weight is 557 g/mol. The van der Waals surface area contributed by atoms with Crippen LogP contribution in [0.1, 0.15) is 69.2 Å². The van der Waals surface area contributed by atoms with Crippen molar-refractivity contribution in [3.8, 4) is 0 Å². The van der Waals surface area contributed by atoms with E-state index >= 15 is 0 Å². The van der Waals surface area contributed by atoms with Gasteiger partial charge in [-0.05, 0) is 76.6 Å². The summed E-state index contributed by atoms with van der Waals surface area (Å²) in [7, 11) is 0. The van der Waals surface area contributed by atoms with Crippen molar-refractivity contribution in [1.82, 2.24) is 10.2 Å². The van der Waals surface area contributed by atoms with Gasteiger partial charge in [-0.3, -0.25) is 14.4 Å². The monoisotopic (exact) mass is 556 g/mol. The van der Waals surface area contributed by atoms with E-state index < -0.39 is 41.5 Å². The van der Waals surface area contributed by atoms with E-state index in [9.17, 15) is 19.2 Å². The van der Waals surface area contributed by atoms with Crippen LogP contribution in [0, 0.1) is 13.8 Å². The molecule has 210 valence electrons. The third kappa shape index (κ3) is 8.20. The number of hydrogen-bond acceptors (Lipinski definition) is 5. The molecule has 0 aliphatic heterocycles. The van der Waals surface area contributed by atoms with Gasteiger partial charge >= 0.3 is 6.09 Å². The quantitative estimate of drug-likeness (QED) is 0.387. The zero-order chi connectivity index (χ0) is 28.9. The summed E-state index contributed by atoms with van der Waals surface area (Å²) < 4.78 is 5.37. The van der Waals surface area contributed by atoms with Crippen molar-refractivity contribution in [1.29, 1.82) is 0 Å². The number of nitrogens with one attached hydrogen (secondary N) is 2. The maximum absolute atomic E-state index is 14.2. The molecule has 3 rings (SSSR count). The summed E-state index contributed by atoms with van der Waals surface area (Å²) >= 11 is 6.40. The molecule has 2 aromatic carbocycles. The Labute approximate surface area is 234 Å². The number of alkyl carbamates (subject to hydrolysis) is 1. The van der Waals surface area contributed by atoms with Crippen LogP contribution in [0.25, 0.3) is 0 Å². The lowest BCUT2D eigenvalue weighted by atomic mass is 9.97. The lowest BCUT2D eigenvalue weighted by Crippen LogP contribution is -2.53. The number of ether oxygens (including phenoxy) is 1. The van der Waals surface area contributed by atoms with E-state index in [1.807, 2.05) is 38.1 Å². The molecule has 1 aliphatic rings. The highest BCUT2D eigenvalue weighted by atomic mass is 35.5. The average Bonchev–Trinajstić information content (AvgIpc) is 3.66. The van der Waals surface area contributed by atoms with Crippen molar-refractivity contribution >= 4 is 41.1 Å². The number of para-hydroxylation sites is 1. The van der Waals surface area contributed by atoms with E-state index in [-0.39, 0.29) is 18.9 Å². The Morgan fingerprint density at radius 1 is 1.05 bits per heavy atom. The van der Waals surface area contributed by atoms with Crippen molar-refractivity contribution in [2.45, 2.75) is 84.0 Å². The summed E-state index contributed by atoms with van der Waals surface area (Å²) in [5.74, 6) is -1.55. The Balaban J connectivity index is 2.03. The zero-order valence-electron chi connectivity index (χ0n) is 23.0. The topological polar surface area (TPSA) is 131 Å². The van der Waals surface area contributed by atoms with Crippen LogP contribution in [0.4, 0.5) is 10.5 Å². The van der Waals surface area contributed by atoms with Crippen LogP contribution in [0.2, 0.25) is 5.02 Å². The fraction of sp³-hybridized carbons (Fsp3) is 0.448. The molecule has 4 N–H and O–H groups in total. The number of aryl methyl sites for hydroxylation is 2. The molecule has 2 unspecified atom stereocenters. The minimum absolute atomic E-state index is 0.0393. The van der Waals surface area contributed by atoms with Gasteiger partial charge in [0.1, 0.15) is 17.7 Å². The number of rotatable bonds is 10. The van der Waals surface area contributed by atoms with Crippen LogP contribution in [0.3, 0.4) is 0 Å². The number of nitrogens with two attached hydrogens (primary N) is 1. The van der Waals surface area contributed by atoms with Gasteiger partial charge in [0.15, 0.2) is 0 Å². The van der Waals surface area contributed by atoms with Gasteiger partial charge in [0.2, 0.25) is 11.8 Å². The first-order valence-corrected chi connectivity index (χ1v) is 13.4. The van der Waals surface area contributed by atoms with Crippen molar-refractivity contribution in [2.75, 3.05) is 5.32 Å². The molecular formula is C29H37ClN4O5. The van der Waals surface area contributed by atoms with E-state index in [4.69, 9.17) is 22.1 Å². The predicted molar refractivity (Wildman–Crippen MR) is 150 cm³/mol. The fourth-order valence-corrected chi connectivity index (χ4v) is 4.61. The van der Waals surface area contributed by atoms with E-state index in [1.54, 1.807) is 39.0 Å². The van der Waals surface area contributed by atoms with Crippen LogP contribution < -0.4 is 16.4 Å². The number of primary amides is 1. The summed E-state index contributed by atoms with van der Waals surface area (Å²) in [4.78, 5) is 53.9. The Hall–Kier alpha value is -3.59. The number of hydrogen-bond donors (Lipinski definition) is 3. The molecule has 1 fully saturated rings. The first-order chi connectivity index (χ1) is 18.3. The summed E-state index contributed by atoms with van der Waals surface area (Å²) in [6, 6.07) is 10.3. The zero-order valence-corrected chi connectivity index (χ0v) is 23.8. The second kappa shape index (κ2) is 12.5. The lowest BCUT2D eigenvalue weighted by Gasteiger charge is -2.35. The predicted octanol–water partition coefficient (Wildman–Crippen LogP) is 4.79. The van der Waals surface area contributed by atoms with E-state index in [2.05, 4.69) is 10.6 Å². The van der Waals surface area contributed by atoms with Crippen molar-refractivity contribution in [3.63, 3.8) is 0 Å². The van der Waals surface area contributed by atoms with Crippen LogP contribution in [0.5, 0.6) is 0 Å². The second-order valence-corrected chi connectivity index (χ2v) is 11.3. The van der Waals surface area contributed by atoms with E-state index in [0.717, 1.165) is 11.1 Å². The maximum Gasteiger partial charge on any atom is 0.408 e. The minimum atomic E-state index is -1.13. The van der Waals surface area contributed by atoms with Gasteiger partial charge in [-0.15, -0.1) is 0 Å². The Morgan fingerprint density at radius 2 is 1.69 bits per heavy atom. The highest BCUT2D eigenvalue weighted by Gasteiger charge is 2.44. The number of carbonyl (C=O) groups excluding carboxylic acids is 4. The smallest absolute Gasteiger partial charge is 0.408 e. The maximum atomic E-state index is 14.2. The normalized spacial score (nSPS) is 14.6. The number of nitrogens with zero attached hydrogens (tertiary/aromatic N) is 1. The molecule has 39 heavy (non-hydrogen) atoms. The molecule has 2 atom stereocenters. The lowest BCUT2D eigenvalue weighted by molar-refractivity contribution is -0.141. The van der Waals surface area contributed by atoms with Gasteiger partial charge in [0.25, 0.3) is 5.91 Å². The second-order valence-electron chi connectivity index (χ2n) is 10.9. The molecule has 10 heteroatoms. The summed E-state index contributed by atoms with van der Waals surface area (Å²) in [6.45, 7) is 8.82. The molecule has 1 saturated carbocycles. The highest BCUT2D eigenvalue weighted by molar-refractivity contribution is 6.34. The molecule has 0 spiro atoms. The fourth-order valence-electron chi connectivity index (χ4n) is 4.34. The van der Waals surface area contributed by atoms with Crippen LogP contribution in [0.15, 0.2) is 42.5 Å². The summed E-state index contributed by atoms with van der Waals surface area (Å²) in [5.41, 5.74) is 7.27. The first kappa shape index (κ1) is 30.0. The number of carbonyl (C=O) groups is 4. The third-order valence-corrected chi connectivity index (χ3v) is 6.66. The standard InChI is InChI=1S/C29H37ClN4O5/c1-17-9-6-7-11-20(17)25(26(36)33-24-18(2)10-8-12-21(24)30)34(19-13-14-19)27(37)22(15-16-23(31)35)32-28(38)39-29(3,4)5/h6-12,19,22,25H,13-16H2,1-5H3,(H2,31,35)(H,32,38)(H,33,36). The molecule has 0 radical (unpaired) electrons. The van der Waals surface area contributed by atoms with Crippen molar-refractivity contribution < 1.29 is 23.9 Å². The van der Waals surface area contributed by atoms with Crippen molar-refractivity contribution in [2.24, 2.45) is 5.73 Å². The number of benzene rings is 2. The van der Waals surface area contributed by atoms with Crippen LogP contribution >= 0.6 is 11.6 Å². The molecule has 0 bridgehead atoms. The SMILES string of the molecule is Cc1ccccc1C(C(=O)Nc1c(C)cccc1Cl)N(C(=O)C(CCC(N)=O)NC(=O)OC(C)(C)C)C1CC1. The van der Waals surface area contributed by atoms with Crippen LogP contribution in [-0.2, 0) is 19.1 Å². The Kier molecular flexibility index (Phi) is 9.61. The summed E-state index contributed by atoms with van der Waals surface area (Å²) in [5, 5.41) is 5.92. The van der Waals surface area contributed by atoms with Gasteiger partial charge < -0.3 is 26.0 Å². The van der Waals surface area contributed by atoms with E-state index in [1.165, 1.54) is 4.90 Å². The molecule has 2 aromatic rings. The van der Waals surface area contributed by atoms with Gasteiger partial charge in [0, 0.05) is 12.5 Å². The highest BCUT2D eigenvalue weighted by Crippen LogP contribution is 2.38. The molecule has 0 heterocycles. The molecule has 1 aliphatic carbocycles. The Bertz CT molecular complexity index is 1220. The first-order valence-electron chi connectivity index (χ1n) is 13.0. The van der Waals surface area contributed by atoms with Gasteiger partial charge in [-0.2, -0.15) is 0 Å². The molecular weight excluding hydrogens is 520 g/mol. The van der Waals surface area contributed by atoms with E-state index in [0.29, 0.717) is 29.1 Å². The minimum Gasteiger partial charge on any atom is -0.444 e. The Morgan fingerprint density at radius 3 is 2.26 bits per heavy atom. The van der Waals surface area contributed by atoms with Gasteiger partial charge in [0.05, 0.1) is 10.7 Å². The number of anilines is 1. The molecule has 9 nitrogen and oxygen atoms in total. The molecule has 0 aromatic heterocycles. The number of halogens is 1. The third-order valence-electron chi connectivity index (χ3n) is 6.34. The number of amides is 4. The van der Waals surface area contributed by atoms with Gasteiger partial charge in [-0.1, -0.05) is 48.0 Å². The van der Waals surface area contributed by atoms with Crippen LogP contribution in [-0.4, -0.2) is 46.4 Å². The van der Waals surface area contributed by atoms with Gasteiger partial charge in [-0.25, -0.2) is 4.79 Å². The molecule has 0 saturated heterocycles. The molecule has 4 amide bonds. The van der Waals surface area contributed by atoms with Crippen molar-refractivity contribution in [3.05, 3.63) is 64.2 Å². The summed E-state index contributed by atoms with van der Waals surface area (Å²) in [6.07, 6.45) is 0.417. The largest absolute Gasteiger partial charge is 0.444 e.